The normalized spacial score (nSPS) is 10.9. The molecular formula is C10H14Cl2N2O2S. The molecule has 17 heavy (non-hydrogen) atoms. The molecule has 0 amide bonds. The molecule has 4 nitrogen and oxygen atoms in total. The van der Waals surface area contributed by atoms with Gasteiger partial charge in [-0.15, -0.1) is 0 Å². The average Bonchev–Trinajstić information content (AvgIpc) is 2.65. The second-order valence-corrected chi connectivity index (χ2v) is 4.79. The summed E-state index contributed by atoms with van der Waals surface area (Å²) in [6.07, 6.45) is 0. The Morgan fingerprint density at radius 2 is 2.06 bits per heavy atom. The molecule has 96 valence electrons. The van der Waals surface area contributed by atoms with E-state index in [9.17, 15) is 4.79 Å². The van der Waals surface area contributed by atoms with Crippen molar-refractivity contribution in [3.8, 4) is 0 Å². The van der Waals surface area contributed by atoms with Crippen LogP contribution in [0.5, 0.6) is 0 Å². The standard InChI is InChI=1S/C10H14Cl2N2O2S/c1-3-14(4-2)5-6-16-10(15)8-7(11)9(12)13-17-8/h3-6H2,1-2H3. The maximum atomic E-state index is 11.6. The molecule has 0 N–H and O–H groups in total. The summed E-state index contributed by atoms with van der Waals surface area (Å²) in [5.74, 6) is -0.466. The molecule has 0 aliphatic carbocycles. The fourth-order valence-corrected chi connectivity index (χ4v) is 2.36. The summed E-state index contributed by atoms with van der Waals surface area (Å²) in [4.78, 5) is 14.0. The monoisotopic (exact) mass is 296 g/mol. The van der Waals surface area contributed by atoms with Crippen LogP contribution in [0.3, 0.4) is 0 Å². The van der Waals surface area contributed by atoms with Crippen LogP contribution in [0.25, 0.3) is 0 Å². The summed E-state index contributed by atoms with van der Waals surface area (Å²) in [7, 11) is 0. The predicted molar refractivity (Wildman–Crippen MR) is 70.2 cm³/mol. The third-order valence-electron chi connectivity index (χ3n) is 2.32. The van der Waals surface area contributed by atoms with Crippen LogP contribution in [0.1, 0.15) is 23.5 Å². The number of carbonyl (C=O) groups is 1. The quantitative estimate of drug-likeness (QED) is 0.757. The van der Waals surface area contributed by atoms with E-state index < -0.39 is 5.97 Å². The van der Waals surface area contributed by atoms with Crippen molar-refractivity contribution >= 4 is 40.7 Å². The fourth-order valence-electron chi connectivity index (χ4n) is 1.26. The first-order valence-electron chi connectivity index (χ1n) is 5.30. The van der Waals surface area contributed by atoms with Crippen LogP contribution in [0.4, 0.5) is 0 Å². The van der Waals surface area contributed by atoms with Crippen molar-refractivity contribution in [3.05, 3.63) is 15.1 Å². The summed E-state index contributed by atoms with van der Waals surface area (Å²) in [6, 6.07) is 0. The number of hydrogen-bond acceptors (Lipinski definition) is 5. The predicted octanol–water partition coefficient (Wildman–Crippen LogP) is 2.95. The zero-order chi connectivity index (χ0) is 12.8. The summed E-state index contributed by atoms with van der Waals surface area (Å²) < 4.78 is 8.88. The highest BCUT2D eigenvalue weighted by Gasteiger charge is 2.18. The second-order valence-electron chi connectivity index (χ2n) is 3.28. The minimum Gasteiger partial charge on any atom is -0.460 e. The van der Waals surface area contributed by atoms with Crippen LogP contribution in [0.15, 0.2) is 0 Å². The summed E-state index contributed by atoms with van der Waals surface area (Å²) >= 11 is 12.4. The van der Waals surface area contributed by atoms with E-state index in [1.54, 1.807) is 0 Å². The van der Waals surface area contributed by atoms with Gasteiger partial charge in [0, 0.05) is 6.54 Å². The molecule has 1 heterocycles. The molecule has 1 aromatic rings. The molecular weight excluding hydrogens is 283 g/mol. The zero-order valence-electron chi connectivity index (χ0n) is 9.70. The molecule has 0 atom stereocenters. The van der Waals surface area contributed by atoms with Gasteiger partial charge in [-0.2, -0.15) is 4.37 Å². The van der Waals surface area contributed by atoms with Gasteiger partial charge >= 0.3 is 5.97 Å². The van der Waals surface area contributed by atoms with E-state index in [2.05, 4.69) is 23.1 Å². The van der Waals surface area contributed by atoms with Gasteiger partial charge in [0.05, 0.1) is 0 Å². The van der Waals surface area contributed by atoms with Crippen molar-refractivity contribution in [2.45, 2.75) is 13.8 Å². The summed E-state index contributed by atoms with van der Waals surface area (Å²) in [6.45, 7) is 7.04. The lowest BCUT2D eigenvalue weighted by Gasteiger charge is -2.17. The van der Waals surface area contributed by atoms with Gasteiger partial charge in [0.1, 0.15) is 11.6 Å². The molecule has 0 spiro atoms. The first kappa shape index (κ1) is 14.7. The fraction of sp³-hybridized carbons (Fsp3) is 0.600. The van der Waals surface area contributed by atoms with Gasteiger partial charge in [-0.1, -0.05) is 37.0 Å². The molecule has 0 unspecified atom stereocenters. The van der Waals surface area contributed by atoms with Gasteiger partial charge in [-0.05, 0) is 24.6 Å². The van der Waals surface area contributed by atoms with Crippen molar-refractivity contribution in [1.29, 1.82) is 0 Å². The van der Waals surface area contributed by atoms with Gasteiger partial charge in [0.15, 0.2) is 10.0 Å². The van der Waals surface area contributed by atoms with E-state index in [0.717, 1.165) is 24.6 Å². The van der Waals surface area contributed by atoms with Crippen LogP contribution < -0.4 is 0 Å². The third-order valence-corrected chi connectivity index (χ3v) is 4.10. The van der Waals surface area contributed by atoms with Crippen molar-refractivity contribution in [3.63, 3.8) is 0 Å². The number of carbonyl (C=O) groups excluding carboxylic acids is 1. The van der Waals surface area contributed by atoms with E-state index in [1.165, 1.54) is 0 Å². The van der Waals surface area contributed by atoms with Crippen LogP contribution in [0.2, 0.25) is 10.2 Å². The van der Waals surface area contributed by atoms with Crippen molar-refractivity contribution in [2.24, 2.45) is 0 Å². The van der Waals surface area contributed by atoms with E-state index in [-0.39, 0.29) is 15.1 Å². The summed E-state index contributed by atoms with van der Waals surface area (Å²) in [5, 5.41) is 0.317. The number of esters is 1. The number of hydrogen-bond donors (Lipinski definition) is 0. The molecule has 0 fully saturated rings. The Morgan fingerprint density at radius 1 is 1.41 bits per heavy atom. The molecule has 0 aliphatic rings. The second kappa shape index (κ2) is 7.16. The van der Waals surface area contributed by atoms with Gasteiger partial charge in [-0.25, -0.2) is 4.79 Å². The van der Waals surface area contributed by atoms with E-state index in [4.69, 9.17) is 27.9 Å². The van der Waals surface area contributed by atoms with Gasteiger partial charge in [0.2, 0.25) is 0 Å². The lowest BCUT2D eigenvalue weighted by Crippen LogP contribution is -2.27. The van der Waals surface area contributed by atoms with E-state index in [1.807, 2.05) is 0 Å². The highest BCUT2D eigenvalue weighted by Crippen LogP contribution is 2.28. The first-order valence-corrected chi connectivity index (χ1v) is 6.83. The maximum Gasteiger partial charge on any atom is 0.351 e. The lowest BCUT2D eigenvalue weighted by molar-refractivity contribution is 0.0472. The van der Waals surface area contributed by atoms with E-state index in [0.29, 0.717) is 13.2 Å². The minimum absolute atomic E-state index is 0.146. The average molecular weight is 297 g/mol. The largest absolute Gasteiger partial charge is 0.460 e. The van der Waals surface area contributed by atoms with Crippen LogP contribution >= 0.6 is 34.7 Å². The van der Waals surface area contributed by atoms with Crippen LogP contribution in [-0.2, 0) is 4.74 Å². The molecule has 0 bridgehead atoms. The molecule has 0 aliphatic heterocycles. The molecule has 0 radical (unpaired) electrons. The molecule has 0 aromatic carbocycles. The molecule has 0 saturated heterocycles. The Morgan fingerprint density at radius 3 is 2.53 bits per heavy atom. The van der Waals surface area contributed by atoms with Gasteiger partial charge < -0.3 is 9.64 Å². The Hall–Kier alpha value is -0.360. The minimum atomic E-state index is -0.466. The highest BCUT2D eigenvalue weighted by atomic mass is 35.5. The topological polar surface area (TPSA) is 42.4 Å². The smallest absolute Gasteiger partial charge is 0.351 e. The Kier molecular flexibility index (Phi) is 6.19. The number of ether oxygens (including phenoxy) is 1. The Labute approximate surface area is 115 Å². The maximum absolute atomic E-state index is 11.6. The SMILES string of the molecule is CCN(CC)CCOC(=O)c1snc(Cl)c1Cl. The lowest BCUT2D eigenvalue weighted by atomic mass is 10.4. The Bertz CT molecular complexity index is 380. The first-order chi connectivity index (χ1) is 8.10. The van der Waals surface area contributed by atoms with Crippen molar-refractivity contribution in [1.82, 2.24) is 9.27 Å². The van der Waals surface area contributed by atoms with Gasteiger partial charge in [-0.3, -0.25) is 0 Å². The Balaban J connectivity index is 2.43. The highest BCUT2D eigenvalue weighted by molar-refractivity contribution is 7.09. The molecule has 0 saturated carbocycles. The van der Waals surface area contributed by atoms with Crippen LogP contribution in [0, 0.1) is 0 Å². The van der Waals surface area contributed by atoms with Crippen molar-refractivity contribution < 1.29 is 9.53 Å². The summed E-state index contributed by atoms with van der Waals surface area (Å²) in [5.41, 5.74) is 0. The number of halogens is 2. The molecule has 7 heteroatoms. The van der Waals surface area contributed by atoms with Gasteiger partial charge in [0.25, 0.3) is 0 Å². The number of aromatic nitrogens is 1. The molecule has 1 aromatic heterocycles. The number of nitrogens with zero attached hydrogens (tertiary/aromatic N) is 2. The van der Waals surface area contributed by atoms with E-state index >= 15 is 0 Å². The third kappa shape index (κ3) is 4.10. The van der Waals surface area contributed by atoms with Crippen LogP contribution in [-0.4, -0.2) is 41.5 Å². The number of likely N-dealkylation sites (N-methyl/N-ethyl adjacent to an activating group) is 1. The molecule has 1 rings (SSSR count). The zero-order valence-corrected chi connectivity index (χ0v) is 12.0. The van der Waals surface area contributed by atoms with Crippen molar-refractivity contribution in [2.75, 3.05) is 26.2 Å². The number of rotatable bonds is 6.